The second kappa shape index (κ2) is 8.42. The van der Waals surface area contributed by atoms with E-state index < -0.39 is 35.2 Å². The molecule has 0 unspecified atom stereocenters. The Labute approximate surface area is 159 Å². The average molecular weight is 392 g/mol. The van der Waals surface area contributed by atoms with Gasteiger partial charge < -0.3 is 4.74 Å². The standard InChI is InChI=1S/C22H17F5O/c1-2-3-4-5-13-6-8-14(9-7-13)15-10-16-12-18(24)21(28-22(26)27)20(25)19(16)17(23)11-15/h2-3,6-12,22H,4-5H2,1H3/b3-2+. The van der Waals surface area contributed by atoms with Crippen molar-refractivity contribution in [1.29, 1.82) is 0 Å². The maximum absolute atomic E-state index is 14.5. The zero-order valence-corrected chi connectivity index (χ0v) is 15.0. The van der Waals surface area contributed by atoms with Crippen LogP contribution in [0, 0.1) is 17.5 Å². The molecule has 0 fully saturated rings. The molecule has 28 heavy (non-hydrogen) atoms. The van der Waals surface area contributed by atoms with Crippen LogP contribution in [0.2, 0.25) is 0 Å². The minimum absolute atomic E-state index is 0.0798. The highest BCUT2D eigenvalue weighted by molar-refractivity contribution is 5.89. The van der Waals surface area contributed by atoms with Crippen molar-refractivity contribution in [1.82, 2.24) is 0 Å². The van der Waals surface area contributed by atoms with Crippen molar-refractivity contribution in [2.75, 3.05) is 0 Å². The van der Waals surface area contributed by atoms with Crippen molar-refractivity contribution in [2.45, 2.75) is 26.4 Å². The van der Waals surface area contributed by atoms with Gasteiger partial charge >= 0.3 is 6.61 Å². The Bertz CT molecular complexity index is 1010. The molecular weight excluding hydrogens is 375 g/mol. The molecule has 3 aromatic rings. The van der Waals surface area contributed by atoms with Crippen molar-refractivity contribution in [3.63, 3.8) is 0 Å². The molecule has 0 spiro atoms. The molecule has 0 heterocycles. The Morgan fingerprint density at radius 2 is 1.64 bits per heavy atom. The SMILES string of the molecule is C/C=C/CCc1ccc(-c2cc(F)c3c(F)c(OC(F)F)c(F)cc3c2)cc1. The van der Waals surface area contributed by atoms with Crippen LogP contribution in [-0.2, 0) is 6.42 Å². The van der Waals surface area contributed by atoms with Gasteiger partial charge in [-0.3, -0.25) is 0 Å². The molecule has 0 aliphatic rings. The molecule has 0 N–H and O–H groups in total. The fourth-order valence-corrected chi connectivity index (χ4v) is 3.04. The van der Waals surface area contributed by atoms with E-state index in [1.807, 2.05) is 25.1 Å². The van der Waals surface area contributed by atoms with Crippen molar-refractivity contribution in [3.8, 4) is 16.9 Å². The number of hydrogen-bond donors (Lipinski definition) is 0. The molecule has 0 atom stereocenters. The van der Waals surface area contributed by atoms with E-state index in [2.05, 4.69) is 10.8 Å². The number of hydrogen-bond acceptors (Lipinski definition) is 1. The van der Waals surface area contributed by atoms with E-state index in [4.69, 9.17) is 0 Å². The fraction of sp³-hybridized carbons (Fsp3) is 0.182. The van der Waals surface area contributed by atoms with Crippen LogP contribution in [0.5, 0.6) is 5.75 Å². The summed E-state index contributed by atoms with van der Waals surface area (Å²) < 4.78 is 71.4. The third kappa shape index (κ3) is 4.16. The predicted octanol–water partition coefficient (Wildman–Crippen LogP) is 7.03. The van der Waals surface area contributed by atoms with Gasteiger partial charge in [-0.15, -0.1) is 0 Å². The molecule has 6 heteroatoms. The first kappa shape index (κ1) is 19.9. The Kier molecular flexibility index (Phi) is 5.97. The minimum atomic E-state index is -3.42. The van der Waals surface area contributed by atoms with Crippen LogP contribution in [-0.4, -0.2) is 6.61 Å². The molecule has 3 rings (SSSR count). The Balaban J connectivity index is 2.00. The zero-order chi connectivity index (χ0) is 20.3. The summed E-state index contributed by atoms with van der Waals surface area (Å²) >= 11 is 0. The fourth-order valence-electron chi connectivity index (χ4n) is 3.04. The van der Waals surface area contributed by atoms with Crippen LogP contribution in [0.1, 0.15) is 18.9 Å². The monoisotopic (exact) mass is 392 g/mol. The first-order chi connectivity index (χ1) is 13.4. The van der Waals surface area contributed by atoms with E-state index in [9.17, 15) is 22.0 Å². The van der Waals surface area contributed by atoms with Gasteiger partial charge in [-0.25, -0.2) is 13.2 Å². The predicted molar refractivity (Wildman–Crippen MR) is 99.0 cm³/mol. The molecular formula is C22H17F5O. The zero-order valence-electron chi connectivity index (χ0n) is 15.0. The van der Waals surface area contributed by atoms with E-state index >= 15 is 0 Å². The lowest BCUT2D eigenvalue weighted by Crippen LogP contribution is -2.06. The number of benzene rings is 3. The summed E-state index contributed by atoms with van der Waals surface area (Å²) in [6, 6.07) is 10.7. The van der Waals surface area contributed by atoms with Crippen molar-refractivity contribution in [3.05, 3.63) is 77.6 Å². The molecule has 0 amide bonds. The number of allylic oxidation sites excluding steroid dienone is 2. The molecule has 146 valence electrons. The summed E-state index contributed by atoms with van der Waals surface area (Å²) in [5.74, 6) is -5.08. The van der Waals surface area contributed by atoms with Gasteiger partial charge in [0.2, 0.25) is 0 Å². The van der Waals surface area contributed by atoms with E-state index in [1.165, 1.54) is 6.07 Å². The van der Waals surface area contributed by atoms with Gasteiger partial charge in [0.1, 0.15) is 5.82 Å². The highest BCUT2D eigenvalue weighted by Crippen LogP contribution is 2.35. The highest BCUT2D eigenvalue weighted by atomic mass is 19.3. The maximum atomic E-state index is 14.5. The van der Waals surface area contributed by atoms with E-state index in [1.54, 1.807) is 12.1 Å². The second-order valence-corrected chi connectivity index (χ2v) is 6.24. The quantitative estimate of drug-likeness (QED) is 0.323. The van der Waals surface area contributed by atoms with E-state index in [-0.39, 0.29) is 5.39 Å². The lowest BCUT2D eigenvalue weighted by Gasteiger charge is -2.12. The van der Waals surface area contributed by atoms with Gasteiger partial charge in [-0.05, 0) is 60.0 Å². The van der Waals surface area contributed by atoms with Crippen LogP contribution in [0.15, 0.2) is 54.6 Å². The van der Waals surface area contributed by atoms with E-state index in [0.29, 0.717) is 11.1 Å². The summed E-state index contributed by atoms with van der Waals surface area (Å²) in [6.07, 6.45) is 5.80. The summed E-state index contributed by atoms with van der Waals surface area (Å²) in [5, 5.41) is -0.674. The Hall–Kier alpha value is -2.89. The molecule has 0 aliphatic carbocycles. The first-order valence-electron chi connectivity index (χ1n) is 8.67. The maximum Gasteiger partial charge on any atom is 0.387 e. The molecule has 0 radical (unpaired) electrons. The molecule has 0 aromatic heterocycles. The van der Waals surface area contributed by atoms with Crippen LogP contribution < -0.4 is 4.74 Å². The lowest BCUT2D eigenvalue weighted by atomic mass is 9.98. The second-order valence-electron chi connectivity index (χ2n) is 6.24. The average Bonchev–Trinajstić information content (AvgIpc) is 2.65. The number of halogens is 5. The van der Waals surface area contributed by atoms with Crippen molar-refractivity contribution >= 4 is 10.8 Å². The normalized spacial score (nSPS) is 11.7. The van der Waals surface area contributed by atoms with E-state index in [0.717, 1.165) is 30.5 Å². The molecule has 0 aliphatic heterocycles. The molecule has 1 nitrogen and oxygen atoms in total. The Morgan fingerprint density at radius 1 is 0.929 bits per heavy atom. The van der Waals surface area contributed by atoms with Crippen LogP contribution in [0.3, 0.4) is 0 Å². The third-order valence-corrected chi connectivity index (χ3v) is 4.37. The van der Waals surface area contributed by atoms with Crippen LogP contribution >= 0.6 is 0 Å². The number of fused-ring (bicyclic) bond motifs is 1. The number of ether oxygens (including phenoxy) is 1. The largest absolute Gasteiger partial charge is 0.429 e. The number of rotatable bonds is 6. The molecule has 0 saturated carbocycles. The number of aryl methyl sites for hydroxylation is 1. The van der Waals surface area contributed by atoms with Gasteiger partial charge in [0.05, 0.1) is 5.39 Å². The van der Waals surface area contributed by atoms with Crippen molar-refractivity contribution < 1.29 is 26.7 Å². The van der Waals surface area contributed by atoms with Gasteiger partial charge in [-0.2, -0.15) is 8.78 Å². The van der Waals surface area contributed by atoms with Gasteiger partial charge in [-0.1, -0.05) is 36.4 Å². The van der Waals surface area contributed by atoms with Crippen LogP contribution in [0.4, 0.5) is 22.0 Å². The highest BCUT2D eigenvalue weighted by Gasteiger charge is 2.21. The van der Waals surface area contributed by atoms with Gasteiger partial charge in [0, 0.05) is 0 Å². The topological polar surface area (TPSA) is 9.23 Å². The summed E-state index contributed by atoms with van der Waals surface area (Å²) in [5.41, 5.74) is 2.20. The third-order valence-electron chi connectivity index (χ3n) is 4.37. The first-order valence-corrected chi connectivity index (χ1v) is 8.67. The molecule has 0 bridgehead atoms. The lowest BCUT2D eigenvalue weighted by molar-refractivity contribution is -0.0544. The number of alkyl halides is 2. The Morgan fingerprint density at radius 3 is 2.29 bits per heavy atom. The summed E-state index contributed by atoms with van der Waals surface area (Å²) in [7, 11) is 0. The molecule has 3 aromatic carbocycles. The van der Waals surface area contributed by atoms with Crippen molar-refractivity contribution in [2.24, 2.45) is 0 Å². The minimum Gasteiger partial charge on any atom is -0.429 e. The van der Waals surface area contributed by atoms with Gasteiger partial charge in [0.25, 0.3) is 0 Å². The summed E-state index contributed by atoms with van der Waals surface area (Å²) in [6.45, 7) is -1.47. The smallest absolute Gasteiger partial charge is 0.387 e. The van der Waals surface area contributed by atoms with Crippen LogP contribution in [0.25, 0.3) is 21.9 Å². The molecule has 0 saturated heterocycles. The summed E-state index contributed by atoms with van der Waals surface area (Å²) in [4.78, 5) is 0. The van der Waals surface area contributed by atoms with Gasteiger partial charge in [0.15, 0.2) is 17.4 Å².